The van der Waals surface area contributed by atoms with Crippen molar-refractivity contribution in [2.75, 3.05) is 0 Å². The predicted octanol–water partition coefficient (Wildman–Crippen LogP) is 3.30. The average Bonchev–Trinajstić information content (AvgIpc) is 2.30. The van der Waals surface area contributed by atoms with Gasteiger partial charge in [-0.25, -0.2) is 4.79 Å². The van der Waals surface area contributed by atoms with Crippen LogP contribution in [-0.4, -0.2) is 16.2 Å². The molecule has 2 rings (SSSR count). The Morgan fingerprint density at radius 2 is 1.74 bits per heavy atom. The molecule has 2 aromatic rings. The van der Waals surface area contributed by atoms with Crippen molar-refractivity contribution >= 4 is 5.97 Å². The topological polar surface area (TPSA) is 57.5 Å². The first-order valence-electron chi connectivity index (χ1n) is 6.08. The summed E-state index contributed by atoms with van der Waals surface area (Å²) in [6.07, 6.45) is 0.523. The molecule has 98 valence electrons. The van der Waals surface area contributed by atoms with Crippen LogP contribution in [0.15, 0.2) is 36.4 Å². The summed E-state index contributed by atoms with van der Waals surface area (Å²) < 4.78 is 0. The molecule has 2 aromatic carbocycles. The fraction of sp³-hybridized carbons (Fsp3) is 0.188. The third kappa shape index (κ3) is 2.94. The molecule has 0 aromatic heterocycles. The molecule has 0 spiro atoms. The van der Waals surface area contributed by atoms with Gasteiger partial charge in [0, 0.05) is 6.42 Å². The zero-order valence-corrected chi connectivity index (χ0v) is 11.0. The molecule has 0 fully saturated rings. The fourth-order valence-corrected chi connectivity index (χ4v) is 2.30. The van der Waals surface area contributed by atoms with Crippen LogP contribution in [-0.2, 0) is 6.42 Å². The highest BCUT2D eigenvalue weighted by Gasteiger charge is 2.13. The number of para-hydroxylation sites is 1. The van der Waals surface area contributed by atoms with Crippen LogP contribution < -0.4 is 0 Å². The molecule has 0 saturated carbocycles. The smallest absolute Gasteiger partial charge is 0.339 e. The minimum atomic E-state index is -1.11. The van der Waals surface area contributed by atoms with Crippen LogP contribution in [0.5, 0.6) is 5.75 Å². The number of aromatic hydroxyl groups is 1. The van der Waals surface area contributed by atoms with Crippen LogP contribution in [0.25, 0.3) is 0 Å². The maximum Gasteiger partial charge on any atom is 0.339 e. The Morgan fingerprint density at radius 3 is 2.32 bits per heavy atom. The van der Waals surface area contributed by atoms with Crippen molar-refractivity contribution in [3.63, 3.8) is 0 Å². The van der Waals surface area contributed by atoms with Crippen LogP contribution >= 0.6 is 0 Å². The minimum absolute atomic E-state index is 0.0538. The maximum absolute atomic E-state index is 11.0. The predicted molar refractivity (Wildman–Crippen MR) is 73.8 cm³/mol. The van der Waals surface area contributed by atoms with Gasteiger partial charge in [0.1, 0.15) is 11.3 Å². The Balaban J connectivity index is 2.38. The van der Waals surface area contributed by atoms with Crippen molar-refractivity contribution in [3.05, 3.63) is 64.2 Å². The quantitative estimate of drug-likeness (QED) is 0.885. The highest BCUT2D eigenvalue weighted by Crippen LogP contribution is 2.25. The van der Waals surface area contributed by atoms with Gasteiger partial charge in [-0.2, -0.15) is 0 Å². The number of carboxylic acids is 1. The number of carbonyl (C=O) groups is 1. The van der Waals surface area contributed by atoms with Gasteiger partial charge in [0.2, 0.25) is 0 Å². The number of phenols is 1. The first kappa shape index (κ1) is 13.1. The number of hydrogen-bond acceptors (Lipinski definition) is 2. The zero-order chi connectivity index (χ0) is 14.0. The largest absolute Gasteiger partial charge is 0.507 e. The number of carboxylic acid groups (broad SMARTS) is 1. The minimum Gasteiger partial charge on any atom is -0.507 e. The molecule has 0 aliphatic carbocycles. The van der Waals surface area contributed by atoms with Crippen LogP contribution in [0.4, 0.5) is 0 Å². The van der Waals surface area contributed by atoms with Gasteiger partial charge in [-0.05, 0) is 31.0 Å². The Bertz CT molecular complexity index is 610. The number of aromatic carboxylic acids is 1. The first-order valence-corrected chi connectivity index (χ1v) is 6.08. The standard InChI is InChI=1S/C16H16O3/c1-10-6-11(2)8-12(7-10)9-13-4-3-5-14(15(13)17)16(18)19/h3-8,17H,9H2,1-2H3,(H,18,19). The highest BCUT2D eigenvalue weighted by atomic mass is 16.4. The van der Waals surface area contributed by atoms with Crippen molar-refractivity contribution < 1.29 is 15.0 Å². The Kier molecular flexibility index (Phi) is 3.56. The van der Waals surface area contributed by atoms with E-state index in [1.807, 2.05) is 26.0 Å². The van der Waals surface area contributed by atoms with Crippen molar-refractivity contribution in [1.29, 1.82) is 0 Å². The summed E-state index contributed by atoms with van der Waals surface area (Å²) in [4.78, 5) is 11.0. The SMILES string of the molecule is Cc1cc(C)cc(Cc2cccc(C(=O)O)c2O)c1. The summed E-state index contributed by atoms with van der Waals surface area (Å²) in [7, 11) is 0. The summed E-state index contributed by atoms with van der Waals surface area (Å²) in [5.41, 5.74) is 3.95. The monoisotopic (exact) mass is 256 g/mol. The van der Waals surface area contributed by atoms with Gasteiger partial charge >= 0.3 is 5.97 Å². The van der Waals surface area contributed by atoms with Crippen LogP contribution in [0, 0.1) is 13.8 Å². The number of hydrogen-bond donors (Lipinski definition) is 2. The lowest BCUT2D eigenvalue weighted by Gasteiger charge is -2.09. The molecule has 0 heterocycles. The second-order valence-corrected chi connectivity index (χ2v) is 4.79. The highest BCUT2D eigenvalue weighted by molar-refractivity contribution is 5.91. The lowest BCUT2D eigenvalue weighted by atomic mass is 9.98. The molecular formula is C16H16O3. The average molecular weight is 256 g/mol. The second-order valence-electron chi connectivity index (χ2n) is 4.79. The Labute approximate surface area is 112 Å². The van der Waals surface area contributed by atoms with Gasteiger partial charge < -0.3 is 10.2 Å². The molecule has 0 saturated heterocycles. The lowest BCUT2D eigenvalue weighted by Crippen LogP contribution is -1.99. The molecule has 0 amide bonds. The third-order valence-corrected chi connectivity index (χ3v) is 3.03. The zero-order valence-electron chi connectivity index (χ0n) is 11.0. The number of aryl methyl sites for hydroxylation is 2. The van der Waals surface area contributed by atoms with E-state index in [0.717, 1.165) is 16.7 Å². The van der Waals surface area contributed by atoms with E-state index in [2.05, 4.69) is 6.07 Å². The molecular weight excluding hydrogens is 240 g/mol. The summed E-state index contributed by atoms with van der Waals surface area (Å²) in [6, 6.07) is 11.0. The lowest BCUT2D eigenvalue weighted by molar-refractivity contribution is 0.0693. The summed E-state index contributed by atoms with van der Waals surface area (Å²) in [6.45, 7) is 4.04. The number of benzene rings is 2. The van der Waals surface area contributed by atoms with Crippen molar-refractivity contribution in [2.24, 2.45) is 0 Å². The fourth-order valence-electron chi connectivity index (χ4n) is 2.30. The molecule has 0 bridgehead atoms. The van der Waals surface area contributed by atoms with Crippen LogP contribution in [0.1, 0.15) is 32.6 Å². The van der Waals surface area contributed by atoms with E-state index in [1.165, 1.54) is 6.07 Å². The molecule has 0 aliphatic rings. The van der Waals surface area contributed by atoms with Crippen LogP contribution in [0.2, 0.25) is 0 Å². The van der Waals surface area contributed by atoms with Gasteiger partial charge in [-0.15, -0.1) is 0 Å². The van der Waals surface area contributed by atoms with Gasteiger partial charge in [-0.1, -0.05) is 41.5 Å². The molecule has 0 aliphatic heterocycles. The van der Waals surface area contributed by atoms with E-state index >= 15 is 0 Å². The second kappa shape index (κ2) is 5.14. The molecule has 0 unspecified atom stereocenters. The molecule has 0 atom stereocenters. The number of rotatable bonds is 3. The van der Waals surface area contributed by atoms with Gasteiger partial charge in [-0.3, -0.25) is 0 Å². The Morgan fingerprint density at radius 1 is 1.11 bits per heavy atom. The maximum atomic E-state index is 11.0. The Hall–Kier alpha value is -2.29. The molecule has 3 nitrogen and oxygen atoms in total. The molecule has 2 N–H and O–H groups in total. The van der Waals surface area contributed by atoms with E-state index in [-0.39, 0.29) is 11.3 Å². The summed E-state index contributed by atoms with van der Waals surface area (Å²) in [5.74, 6) is -1.26. The normalized spacial score (nSPS) is 10.4. The van der Waals surface area contributed by atoms with E-state index in [0.29, 0.717) is 12.0 Å². The van der Waals surface area contributed by atoms with Gasteiger partial charge in [0.25, 0.3) is 0 Å². The third-order valence-electron chi connectivity index (χ3n) is 3.03. The van der Waals surface area contributed by atoms with E-state index in [9.17, 15) is 9.90 Å². The van der Waals surface area contributed by atoms with Crippen molar-refractivity contribution in [2.45, 2.75) is 20.3 Å². The van der Waals surface area contributed by atoms with E-state index in [4.69, 9.17) is 5.11 Å². The van der Waals surface area contributed by atoms with Crippen molar-refractivity contribution in [1.82, 2.24) is 0 Å². The van der Waals surface area contributed by atoms with Crippen LogP contribution in [0.3, 0.4) is 0 Å². The summed E-state index contributed by atoms with van der Waals surface area (Å²) in [5, 5.41) is 19.0. The first-order chi connectivity index (χ1) is 8.97. The van der Waals surface area contributed by atoms with Gasteiger partial charge in [0.05, 0.1) is 0 Å². The molecule has 3 heteroatoms. The molecule has 0 radical (unpaired) electrons. The van der Waals surface area contributed by atoms with E-state index in [1.54, 1.807) is 12.1 Å². The summed E-state index contributed by atoms with van der Waals surface area (Å²) >= 11 is 0. The van der Waals surface area contributed by atoms with Gasteiger partial charge in [0.15, 0.2) is 0 Å². The van der Waals surface area contributed by atoms with Crippen molar-refractivity contribution in [3.8, 4) is 5.75 Å². The molecule has 19 heavy (non-hydrogen) atoms. The van der Waals surface area contributed by atoms with E-state index < -0.39 is 5.97 Å².